The van der Waals surface area contributed by atoms with Gasteiger partial charge in [-0.25, -0.2) is 4.98 Å². The van der Waals surface area contributed by atoms with Gasteiger partial charge in [0.05, 0.1) is 22.5 Å². The third-order valence-corrected chi connectivity index (χ3v) is 4.26. The molecule has 1 saturated heterocycles. The Morgan fingerprint density at radius 2 is 2.42 bits per heavy atom. The maximum Gasteiger partial charge on any atom is 0.233 e. The molecule has 19 heavy (non-hydrogen) atoms. The molecular weight excluding hydrogens is 264 g/mol. The molecule has 1 aromatic heterocycles. The van der Waals surface area contributed by atoms with E-state index >= 15 is 0 Å². The summed E-state index contributed by atoms with van der Waals surface area (Å²) in [6.07, 6.45) is 1.20. The Bertz CT molecular complexity index is 439. The van der Waals surface area contributed by atoms with E-state index in [0.717, 1.165) is 5.03 Å². The summed E-state index contributed by atoms with van der Waals surface area (Å²) in [6, 6.07) is 5.56. The fraction of sp³-hybridized carbons (Fsp3) is 0.538. The number of aliphatic hydroxyl groups excluding tert-OH is 1. The molecule has 2 heterocycles. The van der Waals surface area contributed by atoms with Crippen molar-refractivity contribution in [2.45, 2.75) is 30.1 Å². The molecule has 2 atom stereocenters. The molecule has 2 N–H and O–H groups in total. The molecule has 0 aliphatic carbocycles. The number of pyridine rings is 1. The Morgan fingerprint density at radius 3 is 3.05 bits per heavy atom. The van der Waals surface area contributed by atoms with Gasteiger partial charge in [-0.2, -0.15) is 0 Å². The van der Waals surface area contributed by atoms with E-state index in [4.69, 9.17) is 0 Å². The molecule has 5 nitrogen and oxygen atoms in total. The smallest absolute Gasteiger partial charge is 0.233 e. The van der Waals surface area contributed by atoms with Crippen LogP contribution in [0.4, 0.5) is 0 Å². The van der Waals surface area contributed by atoms with Crippen LogP contribution in [0.25, 0.3) is 0 Å². The van der Waals surface area contributed by atoms with Crippen molar-refractivity contribution in [3.05, 3.63) is 24.4 Å². The highest BCUT2D eigenvalue weighted by atomic mass is 32.2. The van der Waals surface area contributed by atoms with E-state index < -0.39 is 11.7 Å². The number of hydrogen-bond acceptors (Lipinski definition) is 5. The van der Waals surface area contributed by atoms with Crippen molar-refractivity contribution in [2.75, 3.05) is 18.8 Å². The Labute approximate surface area is 116 Å². The lowest BCUT2D eigenvalue weighted by molar-refractivity contribution is -0.143. The van der Waals surface area contributed by atoms with Crippen molar-refractivity contribution < 1.29 is 15.0 Å². The SMILES string of the molecule is CC1(O)CCN(C(=O)CSc2ccccn2)CC1O. The summed E-state index contributed by atoms with van der Waals surface area (Å²) in [5.41, 5.74) is -1.09. The zero-order valence-electron chi connectivity index (χ0n) is 10.8. The highest BCUT2D eigenvalue weighted by Gasteiger charge is 2.37. The second-order valence-electron chi connectivity index (χ2n) is 4.92. The maximum absolute atomic E-state index is 12.0. The first kappa shape index (κ1) is 14.3. The number of nitrogens with zero attached hydrogens (tertiary/aromatic N) is 2. The number of carbonyl (C=O) groups excluding carboxylic acids is 1. The van der Waals surface area contributed by atoms with Crippen molar-refractivity contribution >= 4 is 17.7 Å². The molecule has 1 fully saturated rings. The Morgan fingerprint density at radius 1 is 1.63 bits per heavy atom. The maximum atomic E-state index is 12.0. The van der Waals surface area contributed by atoms with Gasteiger partial charge in [-0.15, -0.1) is 0 Å². The van der Waals surface area contributed by atoms with Crippen molar-refractivity contribution in [1.29, 1.82) is 0 Å². The van der Waals surface area contributed by atoms with Crippen LogP contribution in [-0.2, 0) is 4.79 Å². The number of amides is 1. The first-order valence-corrected chi connectivity index (χ1v) is 7.19. The molecular formula is C13H18N2O3S. The Balaban J connectivity index is 1.84. The topological polar surface area (TPSA) is 73.7 Å². The lowest BCUT2D eigenvalue weighted by Crippen LogP contribution is -2.55. The quantitative estimate of drug-likeness (QED) is 0.791. The number of carbonyl (C=O) groups is 1. The molecule has 0 aromatic carbocycles. The van der Waals surface area contributed by atoms with E-state index in [-0.39, 0.29) is 12.5 Å². The third kappa shape index (κ3) is 3.68. The summed E-state index contributed by atoms with van der Waals surface area (Å²) in [6.45, 7) is 2.27. The van der Waals surface area contributed by atoms with Gasteiger partial charge >= 0.3 is 0 Å². The van der Waals surface area contributed by atoms with E-state index in [2.05, 4.69) is 4.98 Å². The van der Waals surface area contributed by atoms with Crippen molar-refractivity contribution in [1.82, 2.24) is 9.88 Å². The number of aliphatic hydroxyl groups is 2. The van der Waals surface area contributed by atoms with E-state index in [9.17, 15) is 15.0 Å². The van der Waals surface area contributed by atoms with Crippen LogP contribution in [0.1, 0.15) is 13.3 Å². The van der Waals surface area contributed by atoms with Gasteiger partial charge in [0.2, 0.25) is 5.91 Å². The van der Waals surface area contributed by atoms with E-state index in [1.54, 1.807) is 18.0 Å². The van der Waals surface area contributed by atoms with Crippen LogP contribution < -0.4 is 0 Å². The monoisotopic (exact) mass is 282 g/mol. The molecule has 1 amide bonds. The lowest BCUT2D eigenvalue weighted by atomic mass is 9.91. The van der Waals surface area contributed by atoms with E-state index in [1.807, 2.05) is 18.2 Å². The summed E-state index contributed by atoms with van der Waals surface area (Å²) in [5, 5.41) is 20.4. The highest BCUT2D eigenvalue weighted by molar-refractivity contribution is 7.99. The summed E-state index contributed by atoms with van der Waals surface area (Å²) in [7, 11) is 0. The molecule has 0 radical (unpaired) electrons. The summed E-state index contributed by atoms with van der Waals surface area (Å²) < 4.78 is 0. The highest BCUT2D eigenvalue weighted by Crippen LogP contribution is 2.23. The van der Waals surface area contributed by atoms with E-state index in [1.165, 1.54) is 11.8 Å². The van der Waals surface area contributed by atoms with Crippen LogP contribution in [0, 0.1) is 0 Å². The summed E-state index contributed by atoms with van der Waals surface area (Å²) in [4.78, 5) is 17.7. The Hall–Kier alpha value is -1.11. The standard InChI is InChI=1S/C13H18N2O3S/c1-13(18)5-7-15(8-10(13)16)12(17)9-19-11-4-2-3-6-14-11/h2-4,6,10,16,18H,5,7-9H2,1H3. The van der Waals surface area contributed by atoms with Crippen molar-refractivity contribution in [3.63, 3.8) is 0 Å². The normalized spacial score (nSPS) is 27.3. The average molecular weight is 282 g/mol. The van der Waals surface area contributed by atoms with E-state index in [0.29, 0.717) is 18.7 Å². The summed E-state index contributed by atoms with van der Waals surface area (Å²) in [5.74, 6) is 0.261. The largest absolute Gasteiger partial charge is 0.388 e. The minimum absolute atomic E-state index is 0.0368. The molecule has 0 saturated carbocycles. The zero-order chi connectivity index (χ0) is 13.9. The number of piperidine rings is 1. The molecule has 0 bridgehead atoms. The van der Waals surface area contributed by atoms with Crippen LogP contribution in [0.5, 0.6) is 0 Å². The number of β-amino-alcohol motifs (C(OH)–C–C–N with tert-alkyl or cyclic N) is 1. The molecule has 104 valence electrons. The molecule has 1 aliphatic rings. The van der Waals surface area contributed by atoms with Gasteiger partial charge in [-0.05, 0) is 25.5 Å². The number of thioether (sulfide) groups is 1. The predicted octanol–water partition coefficient (Wildman–Crippen LogP) is 0.518. The summed E-state index contributed by atoms with van der Waals surface area (Å²) >= 11 is 1.38. The van der Waals surface area contributed by atoms with Gasteiger partial charge in [0.1, 0.15) is 0 Å². The average Bonchev–Trinajstić information content (AvgIpc) is 2.40. The molecule has 6 heteroatoms. The van der Waals surface area contributed by atoms with Gasteiger partial charge in [0.15, 0.2) is 0 Å². The van der Waals surface area contributed by atoms with Crippen LogP contribution in [0.2, 0.25) is 0 Å². The lowest BCUT2D eigenvalue weighted by Gasteiger charge is -2.39. The van der Waals surface area contributed by atoms with Gasteiger partial charge < -0.3 is 15.1 Å². The third-order valence-electron chi connectivity index (χ3n) is 3.33. The predicted molar refractivity (Wildman–Crippen MR) is 72.8 cm³/mol. The minimum atomic E-state index is -1.09. The van der Waals surface area contributed by atoms with Gasteiger partial charge in [-0.1, -0.05) is 17.8 Å². The zero-order valence-corrected chi connectivity index (χ0v) is 11.6. The molecule has 1 aliphatic heterocycles. The molecule has 2 rings (SSSR count). The second-order valence-corrected chi connectivity index (χ2v) is 5.92. The number of aromatic nitrogens is 1. The van der Waals surface area contributed by atoms with Crippen LogP contribution in [0.3, 0.4) is 0 Å². The van der Waals surface area contributed by atoms with Gasteiger partial charge in [0, 0.05) is 19.3 Å². The van der Waals surface area contributed by atoms with Crippen LogP contribution in [0.15, 0.2) is 29.4 Å². The fourth-order valence-corrected chi connectivity index (χ4v) is 2.67. The van der Waals surface area contributed by atoms with Gasteiger partial charge in [0.25, 0.3) is 0 Å². The molecule has 2 unspecified atom stereocenters. The first-order valence-electron chi connectivity index (χ1n) is 6.21. The second kappa shape index (κ2) is 5.90. The number of hydrogen-bond donors (Lipinski definition) is 2. The van der Waals surface area contributed by atoms with Crippen LogP contribution in [-0.4, -0.2) is 56.6 Å². The molecule has 1 aromatic rings. The first-order chi connectivity index (χ1) is 8.99. The fourth-order valence-electron chi connectivity index (χ4n) is 1.91. The van der Waals surface area contributed by atoms with Gasteiger partial charge in [-0.3, -0.25) is 4.79 Å². The minimum Gasteiger partial charge on any atom is -0.388 e. The van der Waals surface area contributed by atoms with Crippen LogP contribution >= 0.6 is 11.8 Å². The number of likely N-dealkylation sites (tertiary alicyclic amines) is 1. The van der Waals surface area contributed by atoms with Crippen molar-refractivity contribution in [3.8, 4) is 0 Å². The Kier molecular flexibility index (Phi) is 4.44. The van der Waals surface area contributed by atoms with Crippen molar-refractivity contribution in [2.24, 2.45) is 0 Å². The number of rotatable bonds is 3. The molecule has 0 spiro atoms.